The number of thioether (sulfide) groups is 1. The molecule has 0 aliphatic heterocycles. The third kappa shape index (κ3) is 2.70. The summed E-state index contributed by atoms with van der Waals surface area (Å²) in [7, 11) is 0. The minimum atomic E-state index is 0.645. The van der Waals surface area contributed by atoms with Crippen LogP contribution in [0.15, 0.2) is 47.9 Å². The van der Waals surface area contributed by atoms with Gasteiger partial charge in [0.15, 0.2) is 0 Å². The van der Waals surface area contributed by atoms with Crippen LogP contribution in [0.2, 0.25) is 0 Å². The Morgan fingerprint density at radius 3 is 3.07 bits per heavy atom. The van der Waals surface area contributed by atoms with Crippen LogP contribution in [0.4, 0.5) is 0 Å². The molecule has 0 saturated carbocycles. The SMILES string of the molecule is C1=CCC(CSc2cnccn2)C=C1. The van der Waals surface area contributed by atoms with Crippen LogP contribution < -0.4 is 0 Å². The Labute approximate surface area is 88.2 Å². The van der Waals surface area contributed by atoms with E-state index in [1.807, 2.05) is 6.20 Å². The fraction of sp³-hybridized carbons (Fsp3) is 0.273. The van der Waals surface area contributed by atoms with Crippen LogP contribution in [0.25, 0.3) is 0 Å². The predicted molar refractivity (Wildman–Crippen MR) is 59.1 cm³/mol. The topological polar surface area (TPSA) is 25.8 Å². The lowest BCUT2D eigenvalue weighted by atomic mass is 10.0. The Balaban J connectivity index is 1.83. The maximum Gasteiger partial charge on any atom is 0.114 e. The quantitative estimate of drug-likeness (QED) is 0.708. The summed E-state index contributed by atoms with van der Waals surface area (Å²) in [5.41, 5.74) is 0. The van der Waals surface area contributed by atoms with Crippen molar-refractivity contribution in [1.29, 1.82) is 0 Å². The fourth-order valence-corrected chi connectivity index (χ4v) is 2.21. The minimum Gasteiger partial charge on any atom is -0.260 e. The van der Waals surface area contributed by atoms with E-state index in [-0.39, 0.29) is 0 Å². The van der Waals surface area contributed by atoms with E-state index in [2.05, 4.69) is 34.3 Å². The molecule has 0 spiro atoms. The van der Waals surface area contributed by atoms with Crippen LogP contribution in [0.3, 0.4) is 0 Å². The van der Waals surface area contributed by atoms with Crippen molar-refractivity contribution in [1.82, 2.24) is 9.97 Å². The van der Waals surface area contributed by atoms with E-state index < -0.39 is 0 Å². The van der Waals surface area contributed by atoms with Gasteiger partial charge in [0.05, 0.1) is 6.20 Å². The molecule has 1 aliphatic carbocycles. The lowest BCUT2D eigenvalue weighted by Crippen LogP contribution is -2.00. The van der Waals surface area contributed by atoms with Crippen molar-refractivity contribution in [3.63, 3.8) is 0 Å². The predicted octanol–water partition coefficient (Wildman–Crippen LogP) is 2.70. The Hall–Kier alpha value is -1.09. The summed E-state index contributed by atoms with van der Waals surface area (Å²) in [6.45, 7) is 0. The van der Waals surface area contributed by atoms with Crippen molar-refractivity contribution in [3.8, 4) is 0 Å². The van der Waals surface area contributed by atoms with Gasteiger partial charge in [-0.05, 0) is 12.3 Å². The summed E-state index contributed by atoms with van der Waals surface area (Å²) in [6, 6.07) is 0. The molecule has 3 heteroatoms. The number of hydrogen-bond acceptors (Lipinski definition) is 3. The fourth-order valence-electron chi connectivity index (χ4n) is 1.31. The molecule has 0 N–H and O–H groups in total. The molecule has 72 valence electrons. The first kappa shape index (κ1) is 9.46. The van der Waals surface area contributed by atoms with E-state index >= 15 is 0 Å². The molecule has 0 bridgehead atoms. The first-order valence-electron chi connectivity index (χ1n) is 4.67. The van der Waals surface area contributed by atoms with Crippen LogP contribution in [-0.4, -0.2) is 15.7 Å². The van der Waals surface area contributed by atoms with E-state index in [1.54, 1.807) is 24.2 Å². The van der Waals surface area contributed by atoms with Gasteiger partial charge in [-0.1, -0.05) is 24.3 Å². The van der Waals surface area contributed by atoms with Crippen molar-refractivity contribution in [2.45, 2.75) is 11.4 Å². The maximum absolute atomic E-state index is 4.22. The van der Waals surface area contributed by atoms with Gasteiger partial charge in [-0.2, -0.15) is 0 Å². The van der Waals surface area contributed by atoms with Gasteiger partial charge in [0.25, 0.3) is 0 Å². The summed E-state index contributed by atoms with van der Waals surface area (Å²) < 4.78 is 0. The second-order valence-electron chi connectivity index (χ2n) is 3.16. The summed E-state index contributed by atoms with van der Waals surface area (Å²) in [6.07, 6.45) is 15.1. The third-order valence-corrected chi connectivity index (χ3v) is 3.16. The molecule has 1 aromatic heterocycles. The van der Waals surface area contributed by atoms with Crippen LogP contribution in [0, 0.1) is 5.92 Å². The average Bonchev–Trinajstić information content (AvgIpc) is 2.29. The lowest BCUT2D eigenvalue weighted by Gasteiger charge is -2.11. The molecular weight excluding hydrogens is 192 g/mol. The second-order valence-corrected chi connectivity index (χ2v) is 4.20. The number of rotatable bonds is 3. The monoisotopic (exact) mass is 204 g/mol. The van der Waals surface area contributed by atoms with Crippen LogP contribution in [-0.2, 0) is 0 Å². The molecule has 14 heavy (non-hydrogen) atoms. The van der Waals surface area contributed by atoms with E-state index in [1.165, 1.54) is 0 Å². The molecule has 1 atom stereocenters. The summed E-state index contributed by atoms with van der Waals surface area (Å²) in [5.74, 6) is 1.73. The molecule has 0 fully saturated rings. The number of allylic oxidation sites excluding steroid dienone is 4. The molecule has 1 aliphatic rings. The molecule has 0 aromatic carbocycles. The summed E-state index contributed by atoms with van der Waals surface area (Å²) in [4.78, 5) is 8.25. The van der Waals surface area contributed by atoms with Gasteiger partial charge in [0, 0.05) is 18.1 Å². The van der Waals surface area contributed by atoms with E-state index in [0.29, 0.717) is 5.92 Å². The highest BCUT2D eigenvalue weighted by Crippen LogP contribution is 2.21. The number of nitrogens with zero attached hydrogens (tertiary/aromatic N) is 2. The Kier molecular flexibility index (Phi) is 3.35. The lowest BCUT2D eigenvalue weighted by molar-refractivity contribution is 0.748. The highest BCUT2D eigenvalue weighted by Gasteiger charge is 2.06. The molecule has 0 saturated heterocycles. The summed E-state index contributed by atoms with van der Waals surface area (Å²) in [5, 5.41) is 1.01. The molecule has 0 amide bonds. The van der Waals surface area contributed by atoms with Gasteiger partial charge in [-0.3, -0.25) is 4.98 Å². The molecular formula is C11H12N2S. The Morgan fingerprint density at radius 1 is 1.36 bits per heavy atom. The average molecular weight is 204 g/mol. The van der Waals surface area contributed by atoms with Crippen molar-refractivity contribution in [2.75, 3.05) is 5.75 Å². The third-order valence-electron chi connectivity index (χ3n) is 2.05. The maximum atomic E-state index is 4.22. The van der Waals surface area contributed by atoms with Gasteiger partial charge in [0.1, 0.15) is 5.03 Å². The van der Waals surface area contributed by atoms with Gasteiger partial charge in [0.2, 0.25) is 0 Å². The Bertz CT molecular complexity index is 332. The molecule has 1 heterocycles. The van der Waals surface area contributed by atoms with E-state index in [0.717, 1.165) is 17.2 Å². The highest BCUT2D eigenvalue weighted by molar-refractivity contribution is 7.99. The smallest absolute Gasteiger partial charge is 0.114 e. The molecule has 2 nitrogen and oxygen atoms in total. The standard InChI is InChI=1S/C11H12N2S/c1-2-4-10(5-3-1)9-14-11-8-12-6-7-13-11/h1-4,6-8,10H,5,9H2. The van der Waals surface area contributed by atoms with Crippen molar-refractivity contribution >= 4 is 11.8 Å². The molecule has 1 aromatic rings. The first-order chi connectivity index (χ1) is 6.95. The summed E-state index contributed by atoms with van der Waals surface area (Å²) >= 11 is 1.77. The molecule has 1 unspecified atom stereocenters. The highest BCUT2D eigenvalue weighted by atomic mass is 32.2. The zero-order valence-corrected chi connectivity index (χ0v) is 8.65. The molecule has 0 radical (unpaired) electrons. The number of aromatic nitrogens is 2. The number of hydrogen-bond donors (Lipinski definition) is 0. The van der Waals surface area contributed by atoms with Crippen molar-refractivity contribution in [3.05, 3.63) is 42.9 Å². The van der Waals surface area contributed by atoms with Crippen LogP contribution in [0.5, 0.6) is 0 Å². The van der Waals surface area contributed by atoms with Gasteiger partial charge >= 0.3 is 0 Å². The zero-order valence-electron chi connectivity index (χ0n) is 7.84. The van der Waals surface area contributed by atoms with Crippen molar-refractivity contribution in [2.24, 2.45) is 5.92 Å². The van der Waals surface area contributed by atoms with Crippen molar-refractivity contribution < 1.29 is 0 Å². The van der Waals surface area contributed by atoms with Gasteiger partial charge in [-0.15, -0.1) is 11.8 Å². The first-order valence-corrected chi connectivity index (χ1v) is 5.66. The molecule has 2 rings (SSSR count). The minimum absolute atomic E-state index is 0.645. The van der Waals surface area contributed by atoms with Gasteiger partial charge in [-0.25, -0.2) is 4.98 Å². The van der Waals surface area contributed by atoms with E-state index in [9.17, 15) is 0 Å². The van der Waals surface area contributed by atoms with Crippen LogP contribution >= 0.6 is 11.8 Å². The normalized spacial score (nSPS) is 19.9. The van der Waals surface area contributed by atoms with Gasteiger partial charge < -0.3 is 0 Å². The zero-order chi connectivity index (χ0) is 9.64. The van der Waals surface area contributed by atoms with Crippen LogP contribution in [0.1, 0.15) is 6.42 Å². The Morgan fingerprint density at radius 2 is 2.36 bits per heavy atom. The van der Waals surface area contributed by atoms with E-state index in [4.69, 9.17) is 0 Å². The second kappa shape index (κ2) is 4.96. The largest absolute Gasteiger partial charge is 0.260 e.